The minimum absolute atomic E-state index is 0.139. The Kier molecular flexibility index (Phi) is 32.0. The molecule has 6 heteroatoms. The van der Waals surface area contributed by atoms with Gasteiger partial charge in [0, 0.05) is 12.8 Å². The average Bonchev–Trinajstić information content (AvgIpc) is 3.03. The molecule has 0 aromatic heterocycles. The molecule has 0 saturated carbocycles. The van der Waals surface area contributed by atoms with Gasteiger partial charge in [-0.2, -0.15) is 0 Å². The van der Waals surface area contributed by atoms with Crippen LogP contribution in [0.25, 0.3) is 0 Å². The molecule has 0 aliphatic rings. The Morgan fingerprint density at radius 1 is 0.489 bits per heavy atom. The van der Waals surface area contributed by atoms with Gasteiger partial charge in [-0.25, -0.2) is 4.79 Å². The Bertz CT molecular complexity index is 711. The van der Waals surface area contributed by atoms with Crippen LogP contribution < -0.4 is 0 Å². The van der Waals surface area contributed by atoms with E-state index in [1.165, 1.54) is 89.9 Å². The van der Waals surface area contributed by atoms with Crippen LogP contribution in [0.2, 0.25) is 0 Å². The molecule has 0 aromatic carbocycles. The van der Waals surface area contributed by atoms with Gasteiger partial charge in [0.2, 0.25) is 11.8 Å². The van der Waals surface area contributed by atoms with Gasteiger partial charge in [0.15, 0.2) is 6.04 Å². The summed E-state index contributed by atoms with van der Waals surface area (Å²) < 4.78 is 0. The van der Waals surface area contributed by atoms with Crippen molar-refractivity contribution in [2.75, 3.05) is 6.61 Å². The number of amides is 2. The molecule has 0 heterocycles. The fourth-order valence-corrected chi connectivity index (χ4v) is 5.69. The Balaban J connectivity index is 4.11. The summed E-state index contributed by atoms with van der Waals surface area (Å²) in [5.41, 5.74) is 0. The second-order valence-electron chi connectivity index (χ2n) is 12.9. The molecule has 0 fully saturated rings. The molecular formula is C39H71NO5. The summed E-state index contributed by atoms with van der Waals surface area (Å²) in [6.07, 6.45) is 39.4. The molecule has 0 aliphatic heterocycles. The first-order chi connectivity index (χ1) is 22.0. The predicted octanol–water partition coefficient (Wildman–Crippen LogP) is 10.9. The van der Waals surface area contributed by atoms with E-state index in [1.54, 1.807) is 0 Å². The molecule has 2 amide bonds. The van der Waals surface area contributed by atoms with Crippen molar-refractivity contribution in [3.05, 3.63) is 24.3 Å². The number of carbonyl (C=O) groups excluding carboxylic acids is 2. The molecule has 0 bridgehead atoms. The van der Waals surface area contributed by atoms with Crippen LogP contribution in [0.1, 0.15) is 194 Å². The van der Waals surface area contributed by atoms with Crippen molar-refractivity contribution >= 4 is 17.8 Å². The maximum Gasteiger partial charge on any atom is 0.329 e. The summed E-state index contributed by atoms with van der Waals surface area (Å²) in [7, 11) is 0. The van der Waals surface area contributed by atoms with Crippen LogP contribution in [0.5, 0.6) is 0 Å². The normalized spacial score (nSPS) is 12.3. The summed E-state index contributed by atoms with van der Waals surface area (Å²) in [6, 6.07) is -1.50. The number of imide groups is 1. The molecule has 0 saturated heterocycles. The molecule has 2 N–H and O–H groups in total. The highest BCUT2D eigenvalue weighted by Gasteiger charge is 2.33. The molecular weight excluding hydrogens is 562 g/mol. The molecule has 0 aliphatic carbocycles. The second-order valence-corrected chi connectivity index (χ2v) is 12.9. The van der Waals surface area contributed by atoms with Gasteiger partial charge in [0.1, 0.15) is 0 Å². The molecule has 1 atom stereocenters. The Morgan fingerprint density at radius 3 is 1.07 bits per heavy atom. The molecule has 262 valence electrons. The van der Waals surface area contributed by atoms with Crippen molar-refractivity contribution < 1.29 is 24.6 Å². The van der Waals surface area contributed by atoms with Gasteiger partial charge in [-0.05, 0) is 64.2 Å². The van der Waals surface area contributed by atoms with Crippen molar-refractivity contribution in [1.29, 1.82) is 0 Å². The van der Waals surface area contributed by atoms with Crippen LogP contribution in [-0.4, -0.2) is 45.5 Å². The maximum absolute atomic E-state index is 12.9. The molecule has 0 radical (unpaired) electrons. The molecule has 0 spiro atoms. The minimum Gasteiger partial charge on any atom is -0.480 e. The first-order valence-corrected chi connectivity index (χ1v) is 19.0. The lowest BCUT2D eigenvalue weighted by molar-refractivity contribution is -0.160. The number of aliphatic hydroxyl groups is 1. The highest BCUT2D eigenvalue weighted by molar-refractivity contribution is 5.99. The molecule has 6 nitrogen and oxygen atoms in total. The SMILES string of the molecule is CCCCCCCCC=CCCCCCCCC(=O)N(C(=O)CCCCCCCC=CCCCCCCCC)[C@@H](CO)C(=O)O. The van der Waals surface area contributed by atoms with Crippen LogP contribution in [0.3, 0.4) is 0 Å². The minimum atomic E-state index is -1.50. The van der Waals surface area contributed by atoms with E-state index in [4.69, 9.17) is 0 Å². The van der Waals surface area contributed by atoms with E-state index in [0.29, 0.717) is 12.8 Å². The Hall–Kier alpha value is -1.95. The first-order valence-electron chi connectivity index (χ1n) is 19.0. The van der Waals surface area contributed by atoms with Gasteiger partial charge >= 0.3 is 5.97 Å². The van der Waals surface area contributed by atoms with Crippen LogP contribution in [-0.2, 0) is 14.4 Å². The predicted molar refractivity (Wildman–Crippen MR) is 189 cm³/mol. The summed E-state index contributed by atoms with van der Waals surface area (Å²) in [5, 5.41) is 19.2. The van der Waals surface area contributed by atoms with Crippen molar-refractivity contribution in [2.45, 2.75) is 200 Å². The number of aliphatic hydroxyl groups excluding tert-OH is 1. The van der Waals surface area contributed by atoms with E-state index >= 15 is 0 Å². The third kappa shape index (κ3) is 26.9. The fourth-order valence-electron chi connectivity index (χ4n) is 5.69. The number of allylic oxidation sites excluding steroid dienone is 4. The lowest BCUT2D eigenvalue weighted by Crippen LogP contribution is -2.50. The highest BCUT2D eigenvalue weighted by Crippen LogP contribution is 2.15. The van der Waals surface area contributed by atoms with Crippen molar-refractivity contribution in [1.82, 2.24) is 4.90 Å². The molecule has 0 rings (SSSR count). The van der Waals surface area contributed by atoms with E-state index in [0.717, 1.165) is 69.1 Å². The summed E-state index contributed by atoms with van der Waals surface area (Å²) in [6.45, 7) is 3.73. The molecule has 0 aromatic rings. The number of carbonyl (C=O) groups is 3. The number of unbranched alkanes of at least 4 members (excludes halogenated alkanes) is 22. The van der Waals surface area contributed by atoms with Gasteiger partial charge in [-0.1, -0.05) is 141 Å². The van der Waals surface area contributed by atoms with E-state index < -0.39 is 30.4 Å². The molecule has 0 unspecified atom stereocenters. The molecule has 45 heavy (non-hydrogen) atoms. The summed E-state index contributed by atoms with van der Waals surface area (Å²) >= 11 is 0. The summed E-state index contributed by atoms with van der Waals surface area (Å²) in [5.74, 6) is -2.30. The highest BCUT2D eigenvalue weighted by atomic mass is 16.4. The largest absolute Gasteiger partial charge is 0.480 e. The first kappa shape index (κ1) is 43.0. The lowest BCUT2D eigenvalue weighted by atomic mass is 10.1. The van der Waals surface area contributed by atoms with Crippen LogP contribution in [0, 0.1) is 0 Å². The third-order valence-corrected chi connectivity index (χ3v) is 8.61. The second kappa shape index (κ2) is 33.4. The lowest BCUT2D eigenvalue weighted by Gasteiger charge is -2.26. The number of hydrogen-bond acceptors (Lipinski definition) is 4. The monoisotopic (exact) mass is 634 g/mol. The van der Waals surface area contributed by atoms with E-state index in [2.05, 4.69) is 38.2 Å². The van der Waals surface area contributed by atoms with Gasteiger partial charge < -0.3 is 10.2 Å². The van der Waals surface area contributed by atoms with Crippen molar-refractivity contribution in [3.8, 4) is 0 Å². The van der Waals surface area contributed by atoms with Gasteiger partial charge in [-0.3, -0.25) is 14.5 Å². The zero-order valence-electron chi connectivity index (χ0n) is 29.5. The number of rotatable bonds is 33. The van der Waals surface area contributed by atoms with Crippen LogP contribution >= 0.6 is 0 Å². The van der Waals surface area contributed by atoms with E-state index in [1.807, 2.05) is 0 Å². The number of aliphatic carboxylic acids is 1. The fraction of sp³-hybridized carbons (Fsp3) is 0.821. The van der Waals surface area contributed by atoms with Gasteiger partial charge in [0.05, 0.1) is 6.61 Å². The van der Waals surface area contributed by atoms with E-state index in [-0.39, 0.29) is 12.8 Å². The Morgan fingerprint density at radius 2 is 0.778 bits per heavy atom. The number of nitrogens with zero attached hydrogens (tertiary/aromatic N) is 1. The standard InChI is InChI=1S/C39H71NO5/c1-3-5-7-9-11-13-15-17-19-21-23-25-27-29-31-33-37(42)40(36(35-41)39(44)45)38(43)34-32-30-28-26-24-22-20-18-16-14-12-10-8-6-4-2/h17-20,36,41H,3-16,21-35H2,1-2H3,(H,44,45)/t36-/m0/s1. The van der Waals surface area contributed by atoms with Crippen molar-refractivity contribution in [2.24, 2.45) is 0 Å². The quantitative estimate of drug-likeness (QED) is 0.0554. The van der Waals surface area contributed by atoms with Gasteiger partial charge in [0.25, 0.3) is 0 Å². The number of carboxylic acids is 1. The van der Waals surface area contributed by atoms with Gasteiger partial charge in [-0.15, -0.1) is 0 Å². The zero-order chi connectivity index (χ0) is 33.2. The van der Waals surface area contributed by atoms with Crippen LogP contribution in [0.15, 0.2) is 24.3 Å². The zero-order valence-corrected chi connectivity index (χ0v) is 29.5. The number of hydrogen-bond donors (Lipinski definition) is 2. The van der Waals surface area contributed by atoms with E-state index in [9.17, 15) is 24.6 Å². The average molecular weight is 634 g/mol. The smallest absolute Gasteiger partial charge is 0.329 e. The maximum atomic E-state index is 12.9. The topological polar surface area (TPSA) is 94.9 Å². The summed E-state index contributed by atoms with van der Waals surface area (Å²) in [4.78, 5) is 38.3. The van der Waals surface area contributed by atoms with Crippen molar-refractivity contribution in [3.63, 3.8) is 0 Å². The Labute approximate surface area is 277 Å². The van der Waals surface area contributed by atoms with Crippen LogP contribution in [0.4, 0.5) is 0 Å². The number of carboxylic acid groups (broad SMARTS) is 1. The third-order valence-electron chi connectivity index (χ3n) is 8.61.